The van der Waals surface area contributed by atoms with E-state index in [0.29, 0.717) is 13.0 Å². The first-order chi connectivity index (χ1) is 8.68. The van der Waals surface area contributed by atoms with E-state index in [0.717, 1.165) is 5.56 Å². The fourth-order valence-electron chi connectivity index (χ4n) is 1.62. The topological polar surface area (TPSA) is 64.2 Å². The molecule has 2 heterocycles. The molecule has 0 aliphatic heterocycles. The van der Waals surface area contributed by atoms with Gasteiger partial charge in [0.2, 0.25) is 0 Å². The third kappa shape index (κ3) is 2.68. The molecule has 2 rings (SSSR count). The smallest absolute Gasteiger partial charge is 0.263 e. The zero-order valence-electron chi connectivity index (χ0n) is 10.1. The largest absolute Gasteiger partial charge is 0.472 e. The summed E-state index contributed by atoms with van der Waals surface area (Å²) in [6, 6.07) is 5.04. The first-order valence-corrected chi connectivity index (χ1v) is 5.63. The summed E-state index contributed by atoms with van der Waals surface area (Å²) in [4.78, 5) is 23.5. The third-order valence-electron chi connectivity index (χ3n) is 2.65. The molecule has 5 nitrogen and oxygen atoms in total. The van der Waals surface area contributed by atoms with Crippen LogP contribution < -0.4 is 10.9 Å². The van der Waals surface area contributed by atoms with Crippen LogP contribution in [0.1, 0.15) is 15.9 Å². The van der Waals surface area contributed by atoms with E-state index in [9.17, 15) is 9.59 Å². The highest BCUT2D eigenvalue weighted by molar-refractivity contribution is 5.93. The first-order valence-electron chi connectivity index (χ1n) is 5.63. The number of carbonyl (C=O) groups excluding carboxylic acids is 1. The minimum Gasteiger partial charge on any atom is -0.472 e. The molecule has 0 spiro atoms. The van der Waals surface area contributed by atoms with Gasteiger partial charge in [-0.1, -0.05) is 0 Å². The molecule has 0 saturated heterocycles. The summed E-state index contributed by atoms with van der Waals surface area (Å²) < 4.78 is 6.31. The number of furan rings is 1. The van der Waals surface area contributed by atoms with Crippen molar-refractivity contribution < 1.29 is 9.21 Å². The zero-order valence-corrected chi connectivity index (χ0v) is 10.1. The molecule has 0 radical (unpaired) electrons. The van der Waals surface area contributed by atoms with Crippen LogP contribution in [0.5, 0.6) is 0 Å². The Morgan fingerprint density at radius 2 is 2.28 bits per heavy atom. The van der Waals surface area contributed by atoms with E-state index >= 15 is 0 Å². The highest BCUT2D eigenvalue weighted by atomic mass is 16.3. The Hall–Kier alpha value is -2.30. The van der Waals surface area contributed by atoms with E-state index in [-0.39, 0.29) is 17.0 Å². The second kappa shape index (κ2) is 5.35. The number of rotatable bonds is 4. The predicted molar refractivity (Wildman–Crippen MR) is 66.4 cm³/mol. The van der Waals surface area contributed by atoms with E-state index in [1.807, 2.05) is 6.07 Å². The van der Waals surface area contributed by atoms with E-state index in [2.05, 4.69) is 5.32 Å². The maximum Gasteiger partial charge on any atom is 0.263 e. The van der Waals surface area contributed by atoms with Crippen LogP contribution in [-0.2, 0) is 13.5 Å². The van der Waals surface area contributed by atoms with E-state index in [1.165, 1.54) is 10.6 Å². The maximum absolute atomic E-state index is 11.8. The molecule has 0 aliphatic carbocycles. The molecule has 94 valence electrons. The van der Waals surface area contributed by atoms with Gasteiger partial charge in [0, 0.05) is 19.8 Å². The minimum atomic E-state index is -0.348. The zero-order chi connectivity index (χ0) is 13.0. The van der Waals surface area contributed by atoms with Crippen molar-refractivity contribution in [3.05, 3.63) is 58.4 Å². The predicted octanol–water partition coefficient (Wildman–Crippen LogP) is 0.951. The second-order valence-corrected chi connectivity index (χ2v) is 3.98. The quantitative estimate of drug-likeness (QED) is 0.873. The van der Waals surface area contributed by atoms with Gasteiger partial charge in [0.25, 0.3) is 11.5 Å². The van der Waals surface area contributed by atoms with Crippen LogP contribution in [0, 0.1) is 0 Å². The second-order valence-electron chi connectivity index (χ2n) is 3.98. The van der Waals surface area contributed by atoms with E-state index in [4.69, 9.17) is 4.42 Å². The van der Waals surface area contributed by atoms with Crippen LogP contribution in [0.4, 0.5) is 0 Å². The summed E-state index contributed by atoms with van der Waals surface area (Å²) in [5.41, 5.74) is 0.877. The average Bonchev–Trinajstić information content (AvgIpc) is 2.85. The monoisotopic (exact) mass is 246 g/mol. The Balaban J connectivity index is 1.96. The fourth-order valence-corrected chi connectivity index (χ4v) is 1.62. The lowest BCUT2D eigenvalue weighted by atomic mass is 10.2. The number of carbonyl (C=O) groups is 1. The van der Waals surface area contributed by atoms with Crippen molar-refractivity contribution in [2.24, 2.45) is 7.05 Å². The standard InChI is InChI=1S/C13H14N2O3/c1-15-7-2-3-11(13(15)17)12(16)14-6-4-10-5-8-18-9-10/h2-3,5,7-9H,4,6H2,1H3,(H,14,16). The van der Waals surface area contributed by atoms with Gasteiger partial charge in [-0.25, -0.2) is 0 Å². The van der Waals surface area contributed by atoms with E-state index < -0.39 is 0 Å². The van der Waals surface area contributed by atoms with Gasteiger partial charge in [0.15, 0.2) is 0 Å². The molecule has 2 aromatic rings. The Labute approximate surface area is 104 Å². The van der Waals surface area contributed by atoms with Crippen molar-refractivity contribution in [1.29, 1.82) is 0 Å². The summed E-state index contributed by atoms with van der Waals surface area (Å²) in [7, 11) is 1.62. The molecule has 1 amide bonds. The molecular weight excluding hydrogens is 232 g/mol. The third-order valence-corrected chi connectivity index (χ3v) is 2.65. The van der Waals surface area contributed by atoms with Gasteiger partial charge < -0.3 is 14.3 Å². The molecule has 0 unspecified atom stereocenters. The molecule has 2 aromatic heterocycles. The van der Waals surface area contributed by atoms with Gasteiger partial charge >= 0.3 is 0 Å². The number of nitrogens with zero attached hydrogens (tertiary/aromatic N) is 1. The summed E-state index contributed by atoms with van der Waals surface area (Å²) in [5, 5.41) is 2.71. The van der Waals surface area contributed by atoms with Crippen molar-refractivity contribution in [3.8, 4) is 0 Å². The summed E-state index contributed by atoms with van der Waals surface area (Å²) in [6.07, 6.45) is 5.51. The van der Waals surface area contributed by atoms with Gasteiger partial charge in [0.1, 0.15) is 5.56 Å². The van der Waals surface area contributed by atoms with Crippen molar-refractivity contribution in [1.82, 2.24) is 9.88 Å². The van der Waals surface area contributed by atoms with Gasteiger partial charge in [0.05, 0.1) is 12.5 Å². The maximum atomic E-state index is 11.8. The Morgan fingerprint density at radius 3 is 3.00 bits per heavy atom. The molecule has 0 aromatic carbocycles. The number of hydrogen-bond donors (Lipinski definition) is 1. The van der Waals surface area contributed by atoms with Gasteiger partial charge in [-0.2, -0.15) is 0 Å². The van der Waals surface area contributed by atoms with Crippen molar-refractivity contribution in [3.63, 3.8) is 0 Å². The molecule has 0 aliphatic rings. The highest BCUT2D eigenvalue weighted by Gasteiger charge is 2.10. The molecule has 0 saturated carbocycles. The number of nitrogens with one attached hydrogen (secondary N) is 1. The molecule has 0 atom stereocenters. The Kier molecular flexibility index (Phi) is 3.62. The highest BCUT2D eigenvalue weighted by Crippen LogP contribution is 1.99. The van der Waals surface area contributed by atoms with Crippen LogP contribution >= 0.6 is 0 Å². The normalized spacial score (nSPS) is 10.3. The van der Waals surface area contributed by atoms with Crippen molar-refractivity contribution in [2.75, 3.05) is 6.54 Å². The van der Waals surface area contributed by atoms with Crippen LogP contribution in [0.3, 0.4) is 0 Å². The Morgan fingerprint density at radius 1 is 1.44 bits per heavy atom. The Bertz CT molecular complexity index is 585. The average molecular weight is 246 g/mol. The first kappa shape index (κ1) is 12.2. The molecule has 1 N–H and O–H groups in total. The molecule has 0 bridgehead atoms. The van der Waals surface area contributed by atoms with Crippen LogP contribution in [0.15, 0.2) is 46.1 Å². The number of aromatic nitrogens is 1. The number of amides is 1. The SMILES string of the molecule is Cn1cccc(C(=O)NCCc2ccoc2)c1=O. The van der Waals surface area contributed by atoms with Crippen LogP contribution in [0.25, 0.3) is 0 Å². The fraction of sp³-hybridized carbons (Fsp3) is 0.231. The lowest BCUT2D eigenvalue weighted by molar-refractivity contribution is 0.0952. The van der Waals surface area contributed by atoms with Gasteiger partial charge in [-0.15, -0.1) is 0 Å². The van der Waals surface area contributed by atoms with E-state index in [1.54, 1.807) is 31.8 Å². The number of hydrogen-bond acceptors (Lipinski definition) is 3. The molecule has 5 heteroatoms. The van der Waals surface area contributed by atoms with Crippen molar-refractivity contribution >= 4 is 5.91 Å². The molecule has 0 fully saturated rings. The molecular formula is C13H14N2O3. The summed E-state index contributed by atoms with van der Waals surface area (Å²) in [6.45, 7) is 0.469. The molecule has 18 heavy (non-hydrogen) atoms. The lowest BCUT2D eigenvalue weighted by Crippen LogP contribution is -2.32. The van der Waals surface area contributed by atoms with Crippen molar-refractivity contribution in [2.45, 2.75) is 6.42 Å². The summed E-state index contributed by atoms with van der Waals surface area (Å²) >= 11 is 0. The summed E-state index contributed by atoms with van der Waals surface area (Å²) in [5.74, 6) is -0.348. The number of aryl methyl sites for hydroxylation is 1. The lowest BCUT2D eigenvalue weighted by Gasteiger charge is -2.04. The van der Waals surface area contributed by atoms with Gasteiger partial charge in [-0.3, -0.25) is 9.59 Å². The minimum absolute atomic E-state index is 0.159. The number of pyridine rings is 1. The van der Waals surface area contributed by atoms with Crippen LogP contribution in [-0.4, -0.2) is 17.0 Å². The van der Waals surface area contributed by atoms with Gasteiger partial charge in [-0.05, 0) is 30.2 Å². The van der Waals surface area contributed by atoms with Crippen LogP contribution in [0.2, 0.25) is 0 Å².